The number of carbonyl (C=O) groups is 1. The number of ether oxygens (including phenoxy) is 1. The monoisotopic (exact) mass is 309 g/mol. The van der Waals surface area contributed by atoms with Crippen LogP contribution in [-0.4, -0.2) is 49.2 Å². The van der Waals surface area contributed by atoms with Gasteiger partial charge in [0.2, 0.25) is 0 Å². The molecule has 0 aromatic heterocycles. The van der Waals surface area contributed by atoms with Crippen molar-refractivity contribution in [3.63, 3.8) is 0 Å². The molecule has 0 spiro atoms. The zero-order valence-electron chi connectivity index (χ0n) is 11.8. The molecule has 0 bridgehead atoms. The fraction of sp³-hybridized carbons (Fsp3) is 0.533. The normalized spacial score (nSPS) is 25.6. The second kappa shape index (κ2) is 6.22. The van der Waals surface area contributed by atoms with Crippen molar-refractivity contribution in [2.45, 2.75) is 25.0 Å². The van der Waals surface area contributed by atoms with Gasteiger partial charge >= 0.3 is 0 Å². The predicted octanol–water partition coefficient (Wildman–Crippen LogP) is 1.52. The van der Waals surface area contributed by atoms with Crippen LogP contribution in [0.2, 0.25) is 5.02 Å². The van der Waals surface area contributed by atoms with E-state index in [9.17, 15) is 4.79 Å². The molecule has 6 heteroatoms. The highest BCUT2D eigenvalue weighted by Crippen LogP contribution is 2.22. The van der Waals surface area contributed by atoms with Crippen LogP contribution in [-0.2, 0) is 4.74 Å². The molecule has 21 heavy (non-hydrogen) atoms. The van der Waals surface area contributed by atoms with Crippen molar-refractivity contribution in [1.82, 2.24) is 10.2 Å². The van der Waals surface area contributed by atoms with Crippen molar-refractivity contribution in [2.24, 2.45) is 0 Å². The van der Waals surface area contributed by atoms with E-state index in [2.05, 4.69) is 10.2 Å². The summed E-state index contributed by atoms with van der Waals surface area (Å²) < 4.78 is 5.82. The van der Waals surface area contributed by atoms with Crippen LogP contribution in [0.15, 0.2) is 18.2 Å². The van der Waals surface area contributed by atoms with Gasteiger partial charge in [0.1, 0.15) is 0 Å². The van der Waals surface area contributed by atoms with Crippen LogP contribution in [0.3, 0.4) is 0 Å². The third-order valence-corrected chi connectivity index (χ3v) is 4.50. The number of morpholine rings is 1. The topological polar surface area (TPSA) is 67.6 Å². The van der Waals surface area contributed by atoms with Crippen molar-refractivity contribution in [1.29, 1.82) is 0 Å². The molecule has 2 saturated heterocycles. The number of rotatable bonds is 3. The van der Waals surface area contributed by atoms with E-state index in [4.69, 9.17) is 22.1 Å². The summed E-state index contributed by atoms with van der Waals surface area (Å²) in [6, 6.07) is 5.48. The van der Waals surface area contributed by atoms with E-state index < -0.39 is 0 Å². The molecule has 0 radical (unpaired) electrons. The number of carbonyl (C=O) groups excluding carboxylic acids is 1. The number of halogens is 1. The number of nitrogen functional groups attached to an aromatic ring is 1. The van der Waals surface area contributed by atoms with Gasteiger partial charge in [-0.2, -0.15) is 0 Å². The van der Waals surface area contributed by atoms with Crippen molar-refractivity contribution in [2.75, 3.05) is 32.0 Å². The van der Waals surface area contributed by atoms with Crippen LogP contribution >= 0.6 is 11.6 Å². The summed E-state index contributed by atoms with van der Waals surface area (Å²) in [6.07, 6.45) is 2.52. The first-order valence-corrected chi connectivity index (χ1v) is 7.70. The van der Waals surface area contributed by atoms with Crippen molar-refractivity contribution in [3.8, 4) is 0 Å². The first-order chi connectivity index (χ1) is 10.1. The Morgan fingerprint density at radius 1 is 1.52 bits per heavy atom. The van der Waals surface area contributed by atoms with Gasteiger partial charge in [-0.1, -0.05) is 11.6 Å². The lowest BCUT2D eigenvalue weighted by Gasteiger charge is -2.35. The minimum atomic E-state index is -0.188. The number of anilines is 1. The highest BCUT2D eigenvalue weighted by atomic mass is 35.5. The van der Waals surface area contributed by atoms with Gasteiger partial charge in [-0.05, 0) is 37.6 Å². The first kappa shape index (κ1) is 14.6. The van der Waals surface area contributed by atoms with Crippen LogP contribution in [0.5, 0.6) is 0 Å². The third kappa shape index (κ3) is 3.31. The molecule has 2 unspecified atom stereocenters. The Hall–Kier alpha value is -1.30. The molecule has 5 nitrogen and oxygen atoms in total. The smallest absolute Gasteiger partial charge is 0.252 e. The average Bonchev–Trinajstić information content (AvgIpc) is 2.92. The number of nitrogens with zero attached hydrogens (tertiary/aromatic N) is 1. The van der Waals surface area contributed by atoms with E-state index in [1.807, 2.05) is 0 Å². The van der Waals surface area contributed by atoms with E-state index in [-0.39, 0.29) is 12.0 Å². The summed E-state index contributed by atoms with van der Waals surface area (Å²) in [4.78, 5) is 14.6. The van der Waals surface area contributed by atoms with E-state index >= 15 is 0 Å². The molecule has 3 rings (SSSR count). The maximum atomic E-state index is 12.1. The fourth-order valence-corrected chi connectivity index (χ4v) is 3.30. The Morgan fingerprint density at radius 3 is 3.19 bits per heavy atom. The van der Waals surface area contributed by atoms with Gasteiger partial charge in [0.15, 0.2) is 0 Å². The number of amides is 1. The second-order valence-corrected chi connectivity index (χ2v) is 6.10. The molecule has 2 fully saturated rings. The molecule has 2 aliphatic heterocycles. The Morgan fingerprint density at radius 2 is 2.38 bits per heavy atom. The van der Waals surface area contributed by atoms with Crippen LogP contribution in [0, 0.1) is 0 Å². The molecule has 3 N–H and O–H groups in total. The molecule has 2 aliphatic rings. The Labute approximate surface area is 129 Å². The molecule has 0 aliphatic carbocycles. The van der Waals surface area contributed by atoms with E-state index in [0.717, 1.165) is 19.7 Å². The average molecular weight is 310 g/mol. The molecule has 1 aromatic carbocycles. The molecule has 1 aromatic rings. The van der Waals surface area contributed by atoms with Crippen molar-refractivity contribution < 1.29 is 9.53 Å². The molecular weight excluding hydrogens is 290 g/mol. The lowest BCUT2D eigenvalue weighted by molar-refractivity contribution is -0.0461. The van der Waals surface area contributed by atoms with Crippen molar-refractivity contribution >= 4 is 23.2 Å². The zero-order valence-corrected chi connectivity index (χ0v) is 12.6. The first-order valence-electron chi connectivity index (χ1n) is 7.32. The standard InChI is InChI=1S/C15H20ClN3O2/c16-14-6-10(17)3-4-13(14)15(20)18-7-12-8-19-5-1-2-11(19)9-21-12/h3-4,6,11-12H,1-2,5,7-9,17H2,(H,18,20). The minimum Gasteiger partial charge on any atom is -0.399 e. The summed E-state index contributed by atoms with van der Waals surface area (Å²) in [5.74, 6) is -0.188. The summed E-state index contributed by atoms with van der Waals surface area (Å²) in [5.41, 5.74) is 6.62. The summed E-state index contributed by atoms with van der Waals surface area (Å²) >= 11 is 6.04. The van der Waals surface area contributed by atoms with Gasteiger partial charge in [-0.25, -0.2) is 0 Å². The molecule has 2 atom stereocenters. The summed E-state index contributed by atoms with van der Waals surface area (Å²) in [6.45, 7) is 3.30. The third-order valence-electron chi connectivity index (χ3n) is 4.19. The molecule has 2 heterocycles. The number of fused-ring (bicyclic) bond motifs is 1. The maximum absolute atomic E-state index is 12.1. The Balaban J connectivity index is 1.54. The highest BCUT2D eigenvalue weighted by molar-refractivity contribution is 6.34. The van der Waals surface area contributed by atoms with Gasteiger partial charge in [0, 0.05) is 24.8 Å². The molecule has 114 valence electrons. The number of hydrogen-bond acceptors (Lipinski definition) is 4. The molecular formula is C15H20ClN3O2. The number of hydrogen-bond donors (Lipinski definition) is 2. The number of benzene rings is 1. The Kier molecular flexibility index (Phi) is 4.33. The maximum Gasteiger partial charge on any atom is 0.252 e. The lowest BCUT2D eigenvalue weighted by Crippen LogP contribution is -2.50. The van der Waals surface area contributed by atoms with Gasteiger partial charge in [0.25, 0.3) is 5.91 Å². The molecule has 1 amide bonds. The largest absolute Gasteiger partial charge is 0.399 e. The lowest BCUT2D eigenvalue weighted by atomic mass is 10.1. The van der Waals surface area contributed by atoms with Crippen LogP contribution in [0.4, 0.5) is 5.69 Å². The van der Waals surface area contributed by atoms with E-state index in [1.54, 1.807) is 18.2 Å². The SMILES string of the molecule is Nc1ccc(C(=O)NCC2CN3CCCC3CO2)c(Cl)c1. The molecule has 0 saturated carbocycles. The fourth-order valence-electron chi connectivity index (χ4n) is 3.03. The summed E-state index contributed by atoms with van der Waals surface area (Å²) in [5, 5.41) is 3.26. The highest BCUT2D eigenvalue weighted by Gasteiger charge is 2.32. The predicted molar refractivity (Wildman–Crippen MR) is 82.5 cm³/mol. The zero-order chi connectivity index (χ0) is 14.8. The quantitative estimate of drug-likeness (QED) is 0.831. The summed E-state index contributed by atoms with van der Waals surface area (Å²) in [7, 11) is 0. The van der Waals surface area contributed by atoms with Gasteiger partial charge in [0.05, 0.1) is 23.3 Å². The van der Waals surface area contributed by atoms with Crippen LogP contribution in [0.1, 0.15) is 23.2 Å². The van der Waals surface area contributed by atoms with Gasteiger partial charge in [-0.3, -0.25) is 9.69 Å². The van der Waals surface area contributed by atoms with Gasteiger partial charge in [-0.15, -0.1) is 0 Å². The van der Waals surface area contributed by atoms with E-state index in [0.29, 0.717) is 28.9 Å². The minimum absolute atomic E-state index is 0.0517. The second-order valence-electron chi connectivity index (χ2n) is 5.70. The number of nitrogens with one attached hydrogen (secondary N) is 1. The van der Waals surface area contributed by atoms with Crippen LogP contribution in [0.25, 0.3) is 0 Å². The van der Waals surface area contributed by atoms with Gasteiger partial charge < -0.3 is 15.8 Å². The van der Waals surface area contributed by atoms with Crippen molar-refractivity contribution in [3.05, 3.63) is 28.8 Å². The van der Waals surface area contributed by atoms with E-state index in [1.165, 1.54) is 12.8 Å². The van der Waals surface area contributed by atoms with Crippen LogP contribution < -0.4 is 11.1 Å². The number of nitrogens with two attached hydrogens (primary N) is 1. The Bertz CT molecular complexity index is 538.